The van der Waals surface area contributed by atoms with Gasteiger partial charge in [-0.3, -0.25) is 0 Å². The summed E-state index contributed by atoms with van der Waals surface area (Å²) in [5.74, 6) is 1.42. The number of phenolic OH excluding ortho intramolecular Hbond substituents is 1. The second kappa shape index (κ2) is 8.58. The number of methoxy groups -OCH3 is 2. The maximum Gasteiger partial charge on any atom is 0.166 e. The fraction of sp³-hybridized carbons (Fsp3) is 0.280. The van der Waals surface area contributed by atoms with E-state index in [1.165, 1.54) is 11.1 Å². The standard InChI is InChI=1S/C25H27NO3/c1-28-21-11-7-6-10-19(21)24-23-18(16-22(29-2)25(24)27)14-15-26-20(23)13-12-17-8-4-3-5-9-17/h3-11,16,20,26-27H,12-15H2,1-2H3. The summed E-state index contributed by atoms with van der Waals surface area (Å²) in [4.78, 5) is 0. The number of fused-ring (bicyclic) bond motifs is 1. The molecule has 0 aromatic heterocycles. The quantitative estimate of drug-likeness (QED) is 0.630. The molecule has 0 saturated heterocycles. The topological polar surface area (TPSA) is 50.7 Å². The molecule has 1 aliphatic rings. The van der Waals surface area contributed by atoms with Crippen LogP contribution in [0.3, 0.4) is 0 Å². The van der Waals surface area contributed by atoms with Crippen LogP contribution in [0.4, 0.5) is 0 Å². The summed E-state index contributed by atoms with van der Waals surface area (Å²) in [5.41, 5.74) is 5.38. The third-order valence-electron chi connectivity index (χ3n) is 5.69. The molecule has 2 N–H and O–H groups in total. The lowest BCUT2D eigenvalue weighted by Gasteiger charge is -2.31. The van der Waals surface area contributed by atoms with Crippen molar-refractivity contribution in [3.8, 4) is 28.4 Å². The maximum atomic E-state index is 11.1. The third-order valence-corrected chi connectivity index (χ3v) is 5.69. The smallest absolute Gasteiger partial charge is 0.166 e. The summed E-state index contributed by atoms with van der Waals surface area (Å²) in [6.45, 7) is 0.908. The summed E-state index contributed by atoms with van der Waals surface area (Å²) in [6.07, 6.45) is 2.82. The zero-order chi connectivity index (χ0) is 20.2. The first kappa shape index (κ1) is 19.3. The van der Waals surface area contributed by atoms with Crippen LogP contribution in [0.1, 0.15) is 29.2 Å². The molecule has 1 unspecified atom stereocenters. The highest BCUT2D eigenvalue weighted by Crippen LogP contribution is 2.48. The van der Waals surface area contributed by atoms with Crippen molar-refractivity contribution in [2.75, 3.05) is 20.8 Å². The highest BCUT2D eigenvalue weighted by atomic mass is 16.5. The summed E-state index contributed by atoms with van der Waals surface area (Å²) in [6, 6.07) is 20.5. The average molecular weight is 389 g/mol. The molecule has 0 saturated carbocycles. The van der Waals surface area contributed by atoms with Gasteiger partial charge in [0, 0.05) is 17.2 Å². The molecule has 0 radical (unpaired) electrons. The van der Waals surface area contributed by atoms with Crippen molar-refractivity contribution in [3.05, 3.63) is 77.4 Å². The number of para-hydroxylation sites is 1. The van der Waals surface area contributed by atoms with Gasteiger partial charge < -0.3 is 19.9 Å². The Bertz CT molecular complexity index is 985. The van der Waals surface area contributed by atoms with Crippen molar-refractivity contribution >= 4 is 0 Å². The van der Waals surface area contributed by atoms with E-state index in [9.17, 15) is 5.11 Å². The van der Waals surface area contributed by atoms with E-state index in [1.54, 1.807) is 14.2 Å². The molecule has 1 atom stereocenters. The van der Waals surface area contributed by atoms with E-state index in [0.717, 1.165) is 48.2 Å². The number of hydrogen-bond donors (Lipinski definition) is 2. The third kappa shape index (κ3) is 3.81. The molecule has 4 rings (SSSR count). The van der Waals surface area contributed by atoms with Crippen molar-refractivity contribution in [1.82, 2.24) is 5.32 Å². The van der Waals surface area contributed by atoms with Crippen molar-refractivity contribution in [3.63, 3.8) is 0 Å². The van der Waals surface area contributed by atoms with Crippen LogP contribution in [0.2, 0.25) is 0 Å². The van der Waals surface area contributed by atoms with Gasteiger partial charge in [-0.2, -0.15) is 0 Å². The van der Waals surface area contributed by atoms with E-state index in [1.807, 2.05) is 36.4 Å². The molecule has 3 aromatic rings. The summed E-state index contributed by atoms with van der Waals surface area (Å²) in [5, 5.41) is 14.8. The second-order valence-electron chi connectivity index (χ2n) is 7.36. The molecule has 1 aliphatic heterocycles. The highest BCUT2D eigenvalue weighted by molar-refractivity contribution is 5.82. The zero-order valence-corrected chi connectivity index (χ0v) is 16.9. The Hall–Kier alpha value is -2.98. The van der Waals surface area contributed by atoms with E-state index in [2.05, 4.69) is 29.6 Å². The predicted molar refractivity (Wildman–Crippen MR) is 116 cm³/mol. The van der Waals surface area contributed by atoms with E-state index in [-0.39, 0.29) is 11.8 Å². The SMILES string of the molecule is COc1ccccc1-c1c(O)c(OC)cc2c1C(CCc1ccccc1)NCC2. The summed E-state index contributed by atoms with van der Waals surface area (Å²) in [7, 11) is 3.26. The predicted octanol–water partition coefficient (Wildman–Crippen LogP) is 4.90. The Labute approximate surface area is 172 Å². The Morgan fingerprint density at radius 2 is 1.69 bits per heavy atom. The Morgan fingerprint density at radius 1 is 0.966 bits per heavy atom. The number of ether oxygens (including phenoxy) is 2. The Kier molecular flexibility index (Phi) is 5.72. The molecule has 150 valence electrons. The van der Waals surface area contributed by atoms with Crippen LogP contribution in [0.15, 0.2) is 60.7 Å². The molecule has 3 aromatic carbocycles. The van der Waals surface area contributed by atoms with Crippen LogP contribution in [0, 0.1) is 0 Å². The second-order valence-corrected chi connectivity index (χ2v) is 7.36. The molecular formula is C25H27NO3. The Morgan fingerprint density at radius 3 is 2.45 bits per heavy atom. The van der Waals surface area contributed by atoms with Gasteiger partial charge in [-0.05, 0) is 54.6 Å². The molecule has 0 bridgehead atoms. The van der Waals surface area contributed by atoms with Crippen LogP contribution < -0.4 is 14.8 Å². The molecule has 4 heteroatoms. The Balaban J connectivity index is 1.82. The van der Waals surface area contributed by atoms with Gasteiger partial charge in [0.25, 0.3) is 0 Å². The first-order chi connectivity index (χ1) is 14.2. The molecule has 0 spiro atoms. The van der Waals surface area contributed by atoms with Gasteiger partial charge in [-0.15, -0.1) is 0 Å². The molecule has 0 fully saturated rings. The van der Waals surface area contributed by atoms with Crippen molar-refractivity contribution in [2.45, 2.75) is 25.3 Å². The normalized spacial score (nSPS) is 15.6. The zero-order valence-electron chi connectivity index (χ0n) is 16.9. The van der Waals surface area contributed by atoms with Crippen molar-refractivity contribution in [1.29, 1.82) is 0 Å². The number of hydrogen-bond acceptors (Lipinski definition) is 4. The van der Waals surface area contributed by atoms with Crippen molar-refractivity contribution < 1.29 is 14.6 Å². The van der Waals surface area contributed by atoms with Crippen LogP contribution in [-0.2, 0) is 12.8 Å². The minimum Gasteiger partial charge on any atom is -0.504 e. The molecule has 0 amide bonds. The van der Waals surface area contributed by atoms with E-state index in [4.69, 9.17) is 9.47 Å². The summed E-state index contributed by atoms with van der Waals surface area (Å²) >= 11 is 0. The molecule has 29 heavy (non-hydrogen) atoms. The van der Waals surface area contributed by atoms with Crippen LogP contribution in [0.5, 0.6) is 17.2 Å². The van der Waals surface area contributed by atoms with Crippen LogP contribution >= 0.6 is 0 Å². The fourth-order valence-corrected chi connectivity index (χ4v) is 4.29. The van der Waals surface area contributed by atoms with Crippen LogP contribution in [0.25, 0.3) is 11.1 Å². The maximum absolute atomic E-state index is 11.1. The molecular weight excluding hydrogens is 362 g/mol. The number of phenols is 1. The highest BCUT2D eigenvalue weighted by Gasteiger charge is 2.29. The minimum absolute atomic E-state index is 0.149. The lowest BCUT2D eigenvalue weighted by molar-refractivity contribution is 0.370. The molecule has 0 aliphatic carbocycles. The van der Waals surface area contributed by atoms with Gasteiger partial charge in [0.15, 0.2) is 11.5 Å². The van der Waals surface area contributed by atoms with E-state index >= 15 is 0 Å². The number of aryl methyl sites for hydroxylation is 1. The molecule has 4 nitrogen and oxygen atoms in total. The lowest BCUT2D eigenvalue weighted by Crippen LogP contribution is -2.31. The largest absolute Gasteiger partial charge is 0.504 e. The van der Waals surface area contributed by atoms with Gasteiger partial charge in [-0.1, -0.05) is 48.5 Å². The monoisotopic (exact) mass is 389 g/mol. The fourth-order valence-electron chi connectivity index (χ4n) is 4.29. The van der Waals surface area contributed by atoms with E-state index < -0.39 is 0 Å². The number of aromatic hydroxyl groups is 1. The van der Waals surface area contributed by atoms with Gasteiger partial charge >= 0.3 is 0 Å². The van der Waals surface area contributed by atoms with Crippen LogP contribution in [-0.4, -0.2) is 25.9 Å². The van der Waals surface area contributed by atoms with Crippen molar-refractivity contribution in [2.24, 2.45) is 0 Å². The van der Waals surface area contributed by atoms with Gasteiger partial charge in [-0.25, -0.2) is 0 Å². The van der Waals surface area contributed by atoms with E-state index in [0.29, 0.717) is 5.75 Å². The minimum atomic E-state index is 0.149. The molecule has 1 heterocycles. The van der Waals surface area contributed by atoms with Gasteiger partial charge in [0.05, 0.1) is 14.2 Å². The summed E-state index contributed by atoms with van der Waals surface area (Å²) < 4.78 is 11.1. The van der Waals surface area contributed by atoms with Gasteiger partial charge in [0.2, 0.25) is 0 Å². The average Bonchev–Trinajstić information content (AvgIpc) is 2.78. The lowest BCUT2D eigenvalue weighted by atomic mass is 9.83. The number of nitrogens with one attached hydrogen (secondary N) is 1. The first-order valence-corrected chi connectivity index (χ1v) is 10.1. The number of benzene rings is 3. The van der Waals surface area contributed by atoms with Gasteiger partial charge in [0.1, 0.15) is 5.75 Å². The number of rotatable bonds is 6. The first-order valence-electron chi connectivity index (χ1n) is 10.1.